The lowest BCUT2D eigenvalue weighted by Crippen LogP contribution is -2.35. The van der Waals surface area contributed by atoms with Crippen molar-refractivity contribution in [2.45, 2.75) is 45.8 Å². The smallest absolute Gasteiger partial charge is 0.0544 e. The van der Waals surface area contributed by atoms with E-state index in [4.69, 9.17) is 0 Å². The lowest BCUT2D eigenvalue weighted by molar-refractivity contribution is 0.266. The summed E-state index contributed by atoms with van der Waals surface area (Å²) in [5, 5.41) is 3.50. The van der Waals surface area contributed by atoms with Gasteiger partial charge in [-0.15, -0.1) is 0 Å². The van der Waals surface area contributed by atoms with Gasteiger partial charge in [0.05, 0.1) is 5.69 Å². The van der Waals surface area contributed by atoms with E-state index in [1.54, 1.807) is 0 Å². The van der Waals surface area contributed by atoms with E-state index in [-0.39, 0.29) is 5.54 Å². The molecule has 1 aromatic heterocycles. The van der Waals surface area contributed by atoms with Crippen molar-refractivity contribution in [3.63, 3.8) is 0 Å². The van der Waals surface area contributed by atoms with Gasteiger partial charge in [-0.1, -0.05) is 6.07 Å². The summed E-state index contributed by atoms with van der Waals surface area (Å²) in [6.45, 7) is 13.1. The van der Waals surface area contributed by atoms with Gasteiger partial charge in [-0.3, -0.25) is 9.88 Å². The Kier molecular flexibility index (Phi) is 5.73. The van der Waals surface area contributed by atoms with Crippen LogP contribution in [0.5, 0.6) is 0 Å². The van der Waals surface area contributed by atoms with E-state index in [1.165, 1.54) is 30.8 Å². The maximum Gasteiger partial charge on any atom is 0.0544 e. The van der Waals surface area contributed by atoms with Crippen LogP contribution in [0.25, 0.3) is 0 Å². The van der Waals surface area contributed by atoms with Crippen LogP contribution in [0, 0.1) is 0 Å². The highest BCUT2D eigenvalue weighted by atomic mass is 15.2. The molecule has 21 heavy (non-hydrogen) atoms. The van der Waals surface area contributed by atoms with Gasteiger partial charge in [0.1, 0.15) is 0 Å². The number of nitrogens with one attached hydrogen (secondary N) is 1. The third-order valence-electron chi connectivity index (χ3n) is 3.91. The summed E-state index contributed by atoms with van der Waals surface area (Å²) in [5.41, 5.74) is 2.58. The summed E-state index contributed by atoms with van der Waals surface area (Å²) in [7, 11) is 2.21. The van der Waals surface area contributed by atoms with Gasteiger partial charge in [-0.2, -0.15) is 0 Å². The van der Waals surface area contributed by atoms with Gasteiger partial charge in [-0.05, 0) is 59.0 Å². The minimum absolute atomic E-state index is 0.150. The van der Waals surface area contributed by atoms with Crippen LogP contribution in [0.15, 0.2) is 18.3 Å². The molecule has 4 nitrogen and oxygen atoms in total. The number of pyridine rings is 1. The Hall–Kier alpha value is -0.970. The number of nitrogens with zero attached hydrogens (tertiary/aromatic N) is 3. The van der Waals surface area contributed by atoms with Gasteiger partial charge in [0.2, 0.25) is 0 Å². The van der Waals surface area contributed by atoms with Crippen molar-refractivity contribution in [2.24, 2.45) is 0 Å². The number of rotatable bonds is 4. The quantitative estimate of drug-likeness (QED) is 0.920. The molecule has 0 radical (unpaired) electrons. The van der Waals surface area contributed by atoms with Crippen molar-refractivity contribution in [2.75, 3.05) is 33.2 Å². The summed E-state index contributed by atoms with van der Waals surface area (Å²) >= 11 is 0. The summed E-state index contributed by atoms with van der Waals surface area (Å²) in [5.74, 6) is 0. The predicted octanol–water partition coefficient (Wildman–Crippen LogP) is 2.11. The van der Waals surface area contributed by atoms with Crippen LogP contribution in [0.3, 0.4) is 0 Å². The van der Waals surface area contributed by atoms with Crippen molar-refractivity contribution in [1.29, 1.82) is 0 Å². The van der Waals surface area contributed by atoms with Crippen LogP contribution in [0.1, 0.15) is 38.4 Å². The molecule has 1 fully saturated rings. The second-order valence-corrected chi connectivity index (χ2v) is 7.19. The zero-order valence-electron chi connectivity index (χ0n) is 14.0. The first-order chi connectivity index (χ1) is 9.92. The fourth-order valence-corrected chi connectivity index (χ4v) is 2.51. The molecule has 0 aliphatic carbocycles. The molecular weight excluding hydrogens is 260 g/mol. The number of likely N-dealkylation sites (N-methyl/N-ethyl adjacent to an activating group) is 1. The standard InChI is InChI=1S/C17H30N4/c1-17(2,3)19-13-15-6-7-16(18-12-15)14-21-9-5-8-20(4)10-11-21/h6-7,12,19H,5,8-11,13-14H2,1-4H3. The minimum atomic E-state index is 0.150. The monoisotopic (exact) mass is 290 g/mol. The van der Waals surface area contributed by atoms with E-state index in [0.29, 0.717) is 0 Å². The van der Waals surface area contributed by atoms with Gasteiger partial charge in [0.25, 0.3) is 0 Å². The Morgan fingerprint density at radius 2 is 1.95 bits per heavy atom. The third-order valence-corrected chi connectivity index (χ3v) is 3.91. The molecule has 1 N–H and O–H groups in total. The summed E-state index contributed by atoms with van der Waals surface area (Å²) in [6, 6.07) is 4.37. The first-order valence-corrected chi connectivity index (χ1v) is 8.02. The number of hydrogen-bond acceptors (Lipinski definition) is 4. The van der Waals surface area contributed by atoms with E-state index >= 15 is 0 Å². The summed E-state index contributed by atoms with van der Waals surface area (Å²) in [6.07, 6.45) is 3.27. The van der Waals surface area contributed by atoms with Crippen molar-refractivity contribution < 1.29 is 0 Å². The van der Waals surface area contributed by atoms with Crippen LogP contribution in [0.2, 0.25) is 0 Å². The van der Waals surface area contributed by atoms with E-state index in [1.807, 2.05) is 6.20 Å². The van der Waals surface area contributed by atoms with Gasteiger partial charge in [-0.25, -0.2) is 0 Å². The van der Waals surface area contributed by atoms with E-state index < -0.39 is 0 Å². The molecule has 2 rings (SSSR count). The lowest BCUT2D eigenvalue weighted by atomic mass is 10.1. The normalized spacial score (nSPS) is 18.7. The Morgan fingerprint density at radius 1 is 1.14 bits per heavy atom. The Morgan fingerprint density at radius 3 is 2.62 bits per heavy atom. The fraction of sp³-hybridized carbons (Fsp3) is 0.706. The predicted molar refractivity (Wildman–Crippen MR) is 88.2 cm³/mol. The van der Waals surface area contributed by atoms with Crippen LogP contribution >= 0.6 is 0 Å². The van der Waals surface area contributed by atoms with E-state index in [0.717, 1.165) is 26.2 Å². The second kappa shape index (κ2) is 7.34. The lowest BCUT2D eigenvalue weighted by Gasteiger charge is -2.21. The molecule has 1 aliphatic heterocycles. The average Bonchev–Trinajstić information content (AvgIpc) is 2.62. The minimum Gasteiger partial charge on any atom is -0.308 e. The Bertz CT molecular complexity index is 421. The SMILES string of the molecule is CN1CCCN(Cc2ccc(CNC(C)(C)C)cn2)CC1. The Balaban J connectivity index is 1.84. The summed E-state index contributed by atoms with van der Waals surface area (Å²) in [4.78, 5) is 9.55. The molecule has 1 aromatic rings. The first-order valence-electron chi connectivity index (χ1n) is 8.02. The number of aromatic nitrogens is 1. The topological polar surface area (TPSA) is 31.4 Å². The van der Waals surface area contributed by atoms with Crippen LogP contribution < -0.4 is 5.32 Å². The second-order valence-electron chi connectivity index (χ2n) is 7.19. The molecule has 0 bridgehead atoms. The zero-order chi connectivity index (χ0) is 15.3. The molecule has 0 amide bonds. The van der Waals surface area contributed by atoms with Crippen LogP contribution in [-0.4, -0.2) is 53.5 Å². The third kappa shape index (κ3) is 6.12. The van der Waals surface area contributed by atoms with Gasteiger partial charge < -0.3 is 10.2 Å². The zero-order valence-corrected chi connectivity index (χ0v) is 14.0. The highest BCUT2D eigenvalue weighted by Gasteiger charge is 2.13. The molecule has 0 unspecified atom stereocenters. The molecule has 1 saturated heterocycles. The molecule has 0 atom stereocenters. The molecule has 2 heterocycles. The van der Waals surface area contributed by atoms with Crippen molar-refractivity contribution in [3.8, 4) is 0 Å². The van der Waals surface area contributed by atoms with Crippen molar-refractivity contribution in [3.05, 3.63) is 29.6 Å². The molecule has 4 heteroatoms. The molecule has 1 aliphatic rings. The van der Waals surface area contributed by atoms with Gasteiger partial charge >= 0.3 is 0 Å². The van der Waals surface area contributed by atoms with Crippen molar-refractivity contribution >= 4 is 0 Å². The Labute approximate surface area is 129 Å². The van der Waals surface area contributed by atoms with E-state index in [9.17, 15) is 0 Å². The molecule has 0 spiro atoms. The van der Waals surface area contributed by atoms with Gasteiger partial charge in [0.15, 0.2) is 0 Å². The van der Waals surface area contributed by atoms with Crippen LogP contribution in [0.4, 0.5) is 0 Å². The highest BCUT2D eigenvalue weighted by Crippen LogP contribution is 2.08. The van der Waals surface area contributed by atoms with Crippen molar-refractivity contribution in [1.82, 2.24) is 20.1 Å². The maximum absolute atomic E-state index is 4.63. The van der Waals surface area contributed by atoms with Crippen LogP contribution in [-0.2, 0) is 13.1 Å². The first kappa shape index (κ1) is 16.4. The largest absolute Gasteiger partial charge is 0.308 e. The molecule has 118 valence electrons. The highest BCUT2D eigenvalue weighted by molar-refractivity contribution is 5.14. The number of hydrogen-bond donors (Lipinski definition) is 1. The maximum atomic E-state index is 4.63. The fourth-order valence-electron chi connectivity index (χ4n) is 2.51. The average molecular weight is 290 g/mol. The van der Waals surface area contributed by atoms with E-state index in [2.05, 4.69) is 60.1 Å². The summed E-state index contributed by atoms with van der Waals surface area (Å²) < 4.78 is 0. The molecular formula is C17H30N4. The molecule has 0 saturated carbocycles. The van der Waals surface area contributed by atoms with Gasteiger partial charge in [0, 0.05) is 37.9 Å². The molecule has 0 aromatic carbocycles.